The van der Waals surface area contributed by atoms with E-state index < -0.39 is 0 Å². The molecule has 0 aromatic heterocycles. The molecule has 2 fully saturated rings. The van der Waals surface area contributed by atoms with E-state index in [1.807, 2.05) is 23.7 Å². The van der Waals surface area contributed by atoms with Crippen molar-refractivity contribution in [3.63, 3.8) is 0 Å². The fourth-order valence-corrected chi connectivity index (χ4v) is 4.42. The van der Waals surface area contributed by atoms with Crippen LogP contribution in [-0.4, -0.2) is 41.4 Å². The van der Waals surface area contributed by atoms with Crippen molar-refractivity contribution < 1.29 is 4.79 Å². The Morgan fingerprint density at radius 1 is 1.33 bits per heavy atom. The Balaban J connectivity index is 1.79. The summed E-state index contributed by atoms with van der Waals surface area (Å²) >= 11 is 1.94. The Morgan fingerprint density at radius 2 is 2.06 bits per heavy atom. The highest BCUT2D eigenvalue weighted by Gasteiger charge is 2.28. The maximum absolute atomic E-state index is 12.3. The molecule has 2 atom stereocenters. The van der Waals surface area contributed by atoms with Gasteiger partial charge in [0.2, 0.25) is 5.91 Å². The van der Waals surface area contributed by atoms with E-state index in [1.165, 1.54) is 37.9 Å². The first kappa shape index (κ1) is 14.2. The third-order valence-corrected chi connectivity index (χ3v) is 5.58. The number of carbonyl (C=O) groups excluding carboxylic acids is 1. The summed E-state index contributed by atoms with van der Waals surface area (Å²) in [6.45, 7) is 0. The summed E-state index contributed by atoms with van der Waals surface area (Å²) in [6.07, 6.45) is 8.56. The van der Waals surface area contributed by atoms with Gasteiger partial charge in [-0.1, -0.05) is 32.1 Å². The SMILES string of the molecule is CN(C(=O)C(N)CC1CCCCC1)C1CCSC1. The van der Waals surface area contributed by atoms with Crippen LogP contribution in [-0.2, 0) is 4.79 Å². The molecular formula is C14H26N2OS. The minimum absolute atomic E-state index is 0.160. The lowest BCUT2D eigenvalue weighted by atomic mass is 9.84. The molecular weight excluding hydrogens is 244 g/mol. The second-order valence-corrected chi connectivity index (χ2v) is 6.96. The van der Waals surface area contributed by atoms with Gasteiger partial charge >= 0.3 is 0 Å². The van der Waals surface area contributed by atoms with Crippen LogP contribution < -0.4 is 5.73 Å². The first-order valence-corrected chi connectivity index (χ1v) is 8.44. The van der Waals surface area contributed by atoms with Gasteiger partial charge in [0.1, 0.15) is 0 Å². The Morgan fingerprint density at radius 3 is 2.67 bits per heavy atom. The first-order chi connectivity index (χ1) is 8.68. The predicted molar refractivity (Wildman–Crippen MR) is 77.7 cm³/mol. The standard InChI is InChI=1S/C14H26N2OS/c1-16(12-7-8-18-10-12)14(17)13(15)9-11-5-3-2-4-6-11/h11-13H,2-10,15H2,1H3. The highest BCUT2D eigenvalue weighted by Crippen LogP contribution is 2.28. The van der Waals surface area contributed by atoms with Crippen molar-refractivity contribution in [2.75, 3.05) is 18.6 Å². The highest BCUT2D eigenvalue weighted by atomic mass is 32.2. The summed E-state index contributed by atoms with van der Waals surface area (Å²) in [7, 11) is 1.93. The molecule has 2 rings (SSSR count). The van der Waals surface area contributed by atoms with E-state index in [-0.39, 0.29) is 11.9 Å². The first-order valence-electron chi connectivity index (χ1n) is 7.28. The number of carbonyl (C=O) groups is 1. The molecule has 2 N–H and O–H groups in total. The molecule has 0 spiro atoms. The second kappa shape index (κ2) is 6.80. The molecule has 104 valence electrons. The highest BCUT2D eigenvalue weighted by molar-refractivity contribution is 7.99. The van der Waals surface area contributed by atoms with E-state index in [2.05, 4.69) is 0 Å². The van der Waals surface area contributed by atoms with Crippen LogP contribution in [0.15, 0.2) is 0 Å². The molecule has 0 aromatic rings. The average molecular weight is 270 g/mol. The molecule has 1 saturated carbocycles. The minimum Gasteiger partial charge on any atom is -0.341 e. The normalized spacial score (nSPS) is 27.1. The summed E-state index contributed by atoms with van der Waals surface area (Å²) in [5.74, 6) is 3.11. The van der Waals surface area contributed by atoms with Crippen LogP contribution in [0.25, 0.3) is 0 Å². The Kier molecular flexibility index (Phi) is 5.37. The van der Waals surface area contributed by atoms with Crippen LogP contribution in [0.2, 0.25) is 0 Å². The lowest BCUT2D eigenvalue weighted by Gasteiger charge is -2.29. The van der Waals surface area contributed by atoms with Gasteiger partial charge in [0.15, 0.2) is 0 Å². The number of amides is 1. The number of nitrogens with two attached hydrogens (primary N) is 1. The monoisotopic (exact) mass is 270 g/mol. The summed E-state index contributed by atoms with van der Waals surface area (Å²) in [5.41, 5.74) is 6.12. The van der Waals surface area contributed by atoms with E-state index in [0.717, 1.165) is 18.6 Å². The predicted octanol–water partition coefficient (Wildman–Crippen LogP) is 2.25. The van der Waals surface area contributed by atoms with Gasteiger partial charge in [-0.2, -0.15) is 11.8 Å². The van der Waals surface area contributed by atoms with E-state index >= 15 is 0 Å². The molecule has 2 aliphatic rings. The van der Waals surface area contributed by atoms with Gasteiger partial charge in [0.05, 0.1) is 6.04 Å². The van der Waals surface area contributed by atoms with Crippen LogP contribution in [0.5, 0.6) is 0 Å². The average Bonchev–Trinajstić information content (AvgIpc) is 2.92. The summed E-state index contributed by atoms with van der Waals surface area (Å²) in [4.78, 5) is 14.2. The topological polar surface area (TPSA) is 46.3 Å². The Hall–Kier alpha value is -0.220. The molecule has 1 saturated heterocycles. The van der Waals surface area contributed by atoms with Gasteiger partial charge in [-0.05, 0) is 24.5 Å². The van der Waals surface area contributed by atoms with Gasteiger partial charge in [0.25, 0.3) is 0 Å². The smallest absolute Gasteiger partial charge is 0.239 e. The molecule has 2 unspecified atom stereocenters. The maximum Gasteiger partial charge on any atom is 0.239 e. The molecule has 1 aliphatic heterocycles. The number of nitrogens with zero attached hydrogens (tertiary/aromatic N) is 1. The second-order valence-electron chi connectivity index (χ2n) is 5.81. The Bertz CT molecular complexity index is 273. The van der Waals surface area contributed by atoms with Gasteiger partial charge in [0, 0.05) is 18.8 Å². The number of thioether (sulfide) groups is 1. The van der Waals surface area contributed by atoms with Crippen molar-refractivity contribution in [1.29, 1.82) is 0 Å². The van der Waals surface area contributed by atoms with E-state index in [1.54, 1.807) is 0 Å². The van der Waals surface area contributed by atoms with Crippen LogP contribution in [0, 0.1) is 5.92 Å². The van der Waals surface area contributed by atoms with E-state index in [4.69, 9.17) is 5.73 Å². The fourth-order valence-electron chi connectivity index (χ4n) is 3.15. The molecule has 0 bridgehead atoms. The largest absolute Gasteiger partial charge is 0.341 e. The van der Waals surface area contributed by atoms with Crippen molar-refractivity contribution in [1.82, 2.24) is 4.90 Å². The quantitative estimate of drug-likeness (QED) is 0.852. The van der Waals surface area contributed by atoms with E-state index in [9.17, 15) is 4.79 Å². The lowest BCUT2D eigenvalue weighted by molar-refractivity contribution is -0.133. The summed E-state index contributed by atoms with van der Waals surface area (Å²) in [6, 6.07) is 0.142. The zero-order valence-corrected chi connectivity index (χ0v) is 12.3. The molecule has 0 aromatic carbocycles. The third kappa shape index (κ3) is 3.64. The summed E-state index contributed by atoms with van der Waals surface area (Å²) in [5, 5.41) is 0. The van der Waals surface area contributed by atoms with Crippen LogP contribution in [0.3, 0.4) is 0 Å². The van der Waals surface area contributed by atoms with Crippen molar-refractivity contribution in [3.05, 3.63) is 0 Å². The number of hydrogen-bond donors (Lipinski definition) is 1. The van der Waals surface area contributed by atoms with Gasteiger partial charge in [-0.25, -0.2) is 0 Å². The fraction of sp³-hybridized carbons (Fsp3) is 0.929. The van der Waals surface area contributed by atoms with Gasteiger partial charge in [-0.15, -0.1) is 0 Å². The zero-order chi connectivity index (χ0) is 13.0. The molecule has 1 heterocycles. The maximum atomic E-state index is 12.3. The molecule has 1 aliphatic carbocycles. The zero-order valence-electron chi connectivity index (χ0n) is 11.4. The van der Waals surface area contributed by atoms with Gasteiger partial charge < -0.3 is 10.6 Å². The molecule has 3 nitrogen and oxygen atoms in total. The van der Waals surface area contributed by atoms with Gasteiger partial charge in [-0.3, -0.25) is 4.79 Å². The third-order valence-electron chi connectivity index (χ3n) is 4.43. The van der Waals surface area contributed by atoms with Crippen LogP contribution in [0.1, 0.15) is 44.9 Å². The van der Waals surface area contributed by atoms with Crippen molar-refractivity contribution in [2.24, 2.45) is 11.7 Å². The van der Waals surface area contributed by atoms with Crippen LogP contribution in [0.4, 0.5) is 0 Å². The molecule has 1 amide bonds. The number of likely N-dealkylation sites (N-methyl/N-ethyl adjacent to an activating group) is 1. The van der Waals surface area contributed by atoms with Crippen molar-refractivity contribution >= 4 is 17.7 Å². The van der Waals surface area contributed by atoms with Crippen molar-refractivity contribution in [3.8, 4) is 0 Å². The Labute approximate surface area is 115 Å². The molecule has 18 heavy (non-hydrogen) atoms. The number of rotatable bonds is 4. The molecule has 4 heteroatoms. The number of hydrogen-bond acceptors (Lipinski definition) is 3. The molecule has 0 radical (unpaired) electrons. The van der Waals surface area contributed by atoms with E-state index in [0.29, 0.717) is 12.0 Å². The summed E-state index contributed by atoms with van der Waals surface area (Å²) < 4.78 is 0. The van der Waals surface area contributed by atoms with Crippen molar-refractivity contribution in [2.45, 2.75) is 57.0 Å². The lowest BCUT2D eigenvalue weighted by Crippen LogP contribution is -2.47. The van der Waals surface area contributed by atoms with Crippen LogP contribution >= 0.6 is 11.8 Å². The minimum atomic E-state index is -0.274.